The molecule has 0 amide bonds. The van der Waals surface area contributed by atoms with Gasteiger partial charge in [0.1, 0.15) is 0 Å². The van der Waals surface area contributed by atoms with Crippen molar-refractivity contribution < 1.29 is 14.2 Å². The molecule has 0 radical (unpaired) electrons. The van der Waals surface area contributed by atoms with Crippen LogP contribution in [0.3, 0.4) is 0 Å². The maximum atomic E-state index is 5.98. The molecule has 0 aromatic heterocycles. The standard InChI is InChI=1S/C21H32O3/c1-3-20(10-5-11-20)14-22-12-18-6-8-19(9-7-18)13-23-15-21(4-2)16-24-17-21/h6-9H,3-5,10-17H2,1-2H3. The lowest BCUT2D eigenvalue weighted by molar-refractivity contribution is -0.152. The van der Waals surface area contributed by atoms with E-state index in [1.54, 1.807) is 0 Å². The SMILES string of the molecule is CCC1(COCc2ccc(COCC3(CC)COC3)cc2)CCC1. The van der Waals surface area contributed by atoms with Crippen molar-refractivity contribution in [1.82, 2.24) is 0 Å². The lowest BCUT2D eigenvalue weighted by Gasteiger charge is -2.40. The zero-order chi connectivity index (χ0) is 16.9. The van der Waals surface area contributed by atoms with Gasteiger partial charge in [0.05, 0.1) is 39.6 Å². The Morgan fingerprint density at radius 2 is 1.33 bits per heavy atom. The molecule has 0 unspecified atom stereocenters. The molecule has 0 spiro atoms. The first-order chi connectivity index (χ1) is 11.7. The zero-order valence-corrected chi connectivity index (χ0v) is 15.3. The van der Waals surface area contributed by atoms with E-state index in [-0.39, 0.29) is 5.41 Å². The minimum absolute atomic E-state index is 0.268. The van der Waals surface area contributed by atoms with Gasteiger partial charge < -0.3 is 14.2 Å². The van der Waals surface area contributed by atoms with Crippen LogP contribution in [0.15, 0.2) is 24.3 Å². The molecule has 1 aromatic carbocycles. The van der Waals surface area contributed by atoms with E-state index in [0.717, 1.165) is 39.5 Å². The minimum Gasteiger partial charge on any atom is -0.380 e. The fraction of sp³-hybridized carbons (Fsp3) is 0.714. The fourth-order valence-electron chi connectivity index (χ4n) is 3.56. The molecule has 0 N–H and O–H groups in total. The van der Waals surface area contributed by atoms with Gasteiger partial charge in [-0.2, -0.15) is 0 Å². The average molecular weight is 332 g/mol. The first-order valence-corrected chi connectivity index (χ1v) is 9.50. The monoisotopic (exact) mass is 332 g/mol. The third-order valence-corrected chi connectivity index (χ3v) is 6.11. The topological polar surface area (TPSA) is 27.7 Å². The molecule has 3 nitrogen and oxygen atoms in total. The number of hydrogen-bond acceptors (Lipinski definition) is 3. The molecule has 1 aromatic rings. The van der Waals surface area contributed by atoms with Gasteiger partial charge in [0.2, 0.25) is 0 Å². The van der Waals surface area contributed by atoms with Crippen molar-refractivity contribution in [3.05, 3.63) is 35.4 Å². The lowest BCUT2D eigenvalue weighted by Crippen LogP contribution is -2.45. The molecule has 0 atom stereocenters. The molecule has 134 valence electrons. The van der Waals surface area contributed by atoms with Gasteiger partial charge in [-0.25, -0.2) is 0 Å². The van der Waals surface area contributed by atoms with Crippen LogP contribution >= 0.6 is 0 Å². The van der Waals surface area contributed by atoms with Crippen LogP contribution < -0.4 is 0 Å². The van der Waals surface area contributed by atoms with Gasteiger partial charge in [-0.05, 0) is 42.2 Å². The lowest BCUT2D eigenvalue weighted by atomic mass is 9.68. The third kappa shape index (κ3) is 4.19. The highest BCUT2D eigenvalue weighted by molar-refractivity contribution is 5.21. The highest BCUT2D eigenvalue weighted by atomic mass is 16.5. The summed E-state index contributed by atoms with van der Waals surface area (Å²) in [6.45, 7) is 9.31. The summed E-state index contributed by atoms with van der Waals surface area (Å²) in [5.74, 6) is 0. The molecule has 3 heteroatoms. The van der Waals surface area contributed by atoms with Crippen molar-refractivity contribution in [3.8, 4) is 0 Å². The molecule has 1 saturated heterocycles. The Bertz CT molecular complexity index is 442. The summed E-state index contributed by atoms with van der Waals surface area (Å²) in [7, 11) is 0. The first kappa shape index (κ1) is 17.9. The molecule has 1 saturated carbocycles. The van der Waals surface area contributed by atoms with Gasteiger partial charge in [-0.15, -0.1) is 0 Å². The molecule has 3 rings (SSSR count). The van der Waals surface area contributed by atoms with Crippen molar-refractivity contribution in [2.75, 3.05) is 26.4 Å². The quantitative estimate of drug-likeness (QED) is 0.620. The molecule has 24 heavy (non-hydrogen) atoms. The van der Waals surface area contributed by atoms with E-state index < -0.39 is 0 Å². The molecule has 1 aliphatic carbocycles. The van der Waals surface area contributed by atoms with E-state index >= 15 is 0 Å². The summed E-state index contributed by atoms with van der Waals surface area (Å²) < 4.78 is 17.2. The van der Waals surface area contributed by atoms with E-state index in [4.69, 9.17) is 14.2 Å². The molecule has 1 aliphatic heterocycles. The molecular formula is C21H32O3. The predicted octanol–water partition coefficient (Wildman–Crippen LogP) is 4.73. The van der Waals surface area contributed by atoms with Crippen LogP contribution in [-0.2, 0) is 27.4 Å². The zero-order valence-electron chi connectivity index (χ0n) is 15.3. The molecule has 0 bridgehead atoms. The normalized spacial score (nSPS) is 21.1. The second-order valence-corrected chi connectivity index (χ2v) is 7.86. The molecule has 2 fully saturated rings. The second kappa shape index (κ2) is 7.99. The Morgan fingerprint density at radius 3 is 1.67 bits per heavy atom. The summed E-state index contributed by atoms with van der Waals surface area (Å²) >= 11 is 0. The predicted molar refractivity (Wildman–Crippen MR) is 95.9 cm³/mol. The summed E-state index contributed by atoms with van der Waals surface area (Å²) in [5.41, 5.74) is 3.23. The van der Waals surface area contributed by atoms with Gasteiger partial charge in [0.25, 0.3) is 0 Å². The van der Waals surface area contributed by atoms with Crippen molar-refractivity contribution >= 4 is 0 Å². The third-order valence-electron chi connectivity index (χ3n) is 6.11. The maximum Gasteiger partial charge on any atom is 0.0717 e. The first-order valence-electron chi connectivity index (χ1n) is 9.50. The van der Waals surface area contributed by atoms with Crippen molar-refractivity contribution in [1.29, 1.82) is 0 Å². The molecular weight excluding hydrogens is 300 g/mol. The highest BCUT2D eigenvalue weighted by Crippen LogP contribution is 2.44. The molecule has 1 heterocycles. The Hall–Kier alpha value is -0.900. The van der Waals surface area contributed by atoms with Gasteiger partial charge in [-0.3, -0.25) is 0 Å². The number of rotatable bonds is 10. The van der Waals surface area contributed by atoms with Crippen LogP contribution in [0.2, 0.25) is 0 Å². The molecule has 2 aliphatic rings. The van der Waals surface area contributed by atoms with Crippen LogP contribution in [0.5, 0.6) is 0 Å². The van der Waals surface area contributed by atoms with E-state index in [1.807, 2.05) is 0 Å². The second-order valence-electron chi connectivity index (χ2n) is 7.86. The number of ether oxygens (including phenoxy) is 3. The van der Waals surface area contributed by atoms with Crippen LogP contribution in [0.4, 0.5) is 0 Å². The van der Waals surface area contributed by atoms with E-state index in [2.05, 4.69) is 38.1 Å². The van der Waals surface area contributed by atoms with E-state index in [9.17, 15) is 0 Å². The minimum atomic E-state index is 0.268. The van der Waals surface area contributed by atoms with Crippen molar-refractivity contribution in [2.24, 2.45) is 10.8 Å². The van der Waals surface area contributed by atoms with Crippen LogP contribution in [0, 0.1) is 10.8 Å². The van der Waals surface area contributed by atoms with Gasteiger partial charge >= 0.3 is 0 Å². The van der Waals surface area contributed by atoms with E-state index in [1.165, 1.54) is 36.8 Å². The Kier molecular flexibility index (Phi) is 5.96. The summed E-state index contributed by atoms with van der Waals surface area (Å²) in [5, 5.41) is 0. The largest absolute Gasteiger partial charge is 0.380 e. The summed E-state index contributed by atoms with van der Waals surface area (Å²) in [6, 6.07) is 8.65. The summed E-state index contributed by atoms with van der Waals surface area (Å²) in [4.78, 5) is 0. The van der Waals surface area contributed by atoms with Gasteiger partial charge in [-0.1, -0.05) is 44.5 Å². The fourth-order valence-corrected chi connectivity index (χ4v) is 3.56. The Morgan fingerprint density at radius 1 is 0.833 bits per heavy atom. The number of benzene rings is 1. The van der Waals surface area contributed by atoms with Crippen molar-refractivity contribution in [3.63, 3.8) is 0 Å². The average Bonchev–Trinajstić information content (AvgIpc) is 2.54. The maximum absolute atomic E-state index is 5.98. The Labute approximate surface area is 146 Å². The number of hydrogen-bond donors (Lipinski definition) is 0. The van der Waals surface area contributed by atoms with Gasteiger partial charge in [0.15, 0.2) is 0 Å². The summed E-state index contributed by atoms with van der Waals surface area (Å²) in [6.07, 6.45) is 6.42. The highest BCUT2D eigenvalue weighted by Gasteiger charge is 2.37. The van der Waals surface area contributed by atoms with E-state index in [0.29, 0.717) is 12.0 Å². The van der Waals surface area contributed by atoms with Crippen LogP contribution in [0.25, 0.3) is 0 Å². The van der Waals surface area contributed by atoms with Gasteiger partial charge in [0, 0.05) is 5.41 Å². The Balaban J connectivity index is 1.37. The van der Waals surface area contributed by atoms with Crippen LogP contribution in [0.1, 0.15) is 57.1 Å². The smallest absolute Gasteiger partial charge is 0.0717 e. The van der Waals surface area contributed by atoms with Crippen molar-refractivity contribution in [2.45, 2.75) is 59.2 Å². The van der Waals surface area contributed by atoms with Crippen LogP contribution in [-0.4, -0.2) is 26.4 Å².